The number of hydrogen-bond donors (Lipinski definition) is 0. The van der Waals surface area contributed by atoms with Crippen LogP contribution < -0.4 is 0 Å². The van der Waals surface area contributed by atoms with Crippen molar-refractivity contribution >= 4 is 17.7 Å². The molecule has 0 aliphatic heterocycles. The Morgan fingerprint density at radius 3 is 2.56 bits per heavy atom. The summed E-state index contributed by atoms with van der Waals surface area (Å²) in [6.45, 7) is 4.08. The van der Waals surface area contributed by atoms with Crippen molar-refractivity contribution in [3.63, 3.8) is 0 Å². The summed E-state index contributed by atoms with van der Waals surface area (Å²) >= 11 is 1.74. The van der Waals surface area contributed by atoms with Crippen LogP contribution in [0.4, 0.5) is 0 Å². The van der Waals surface area contributed by atoms with E-state index in [0.717, 1.165) is 18.6 Å². The molecule has 0 aromatic heterocycles. The molecule has 0 bridgehead atoms. The molecule has 2 nitrogen and oxygen atoms in total. The molecule has 0 heterocycles. The van der Waals surface area contributed by atoms with Crippen molar-refractivity contribution in [1.29, 1.82) is 0 Å². The van der Waals surface area contributed by atoms with E-state index < -0.39 is 0 Å². The lowest BCUT2D eigenvalue weighted by Crippen LogP contribution is -2.34. The van der Waals surface area contributed by atoms with E-state index in [4.69, 9.17) is 0 Å². The average Bonchev–Trinajstić information content (AvgIpc) is 2.38. The van der Waals surface area contributed by atoms with E-state index in [1.54, 1.807) is 11.8 Å². The van der Waals surface area contributed by atoms with Crippen molar-refractivity contribution in [2.75, 3.05) is 18.6 Å². The van der Waals surface area contributed by atoms with Crippen molar-refractivity contribution in [1.82, 2.24) is 4.90 Å². The standard InChI is InChI=1S/C15H23NOS/c1-13(2)16(3)15(17)12-18-11-7-10-14-8-5-4-6-9-14/h4-6,8-9,13H,7,10-12H2,1-3H3. The summed E-state index contributed by atoms with van der Waals surface area (Å²) in [5.41, 5.74) is 1.38. The van der Waals surface area contributed by atoms with Gasteiger partial charge in [0.1, 0.15) is 0 Å². The Bertz CT molecular complexity index is 351. The molecule has 1 aromatic rings. The van der Waals surface area contributed by atoms with Gasteiger partial charge in [0, 0.05) is 13.1 Å². The fraction of sp³-hybridized carbons (Fsp3) is 0.533. The highest BCUT2D eigenvalue weighted by Crippen LogP contribution is 2.09. The number of amides is 1. The predicted octanol–water partition coefficient (Wildman–Crippen LogP) is 3.22. The van der Waals surface area contributed by atoms with Crippen LogP contribution in [-0.4, -0.2) is 35.4 Å². The van der Waals surface area contributed by atoms with E-state index >= 15 is 0 Å². The lowest BCUT2D eigenvalue weighted by atomic mass is 10.1. The third-order valence-corrected chi connectivity index (χ3v) is 4.02. The van der Waals surface area contributed by atoms with Gasteiger partial charge in [-0.3, -0.25) is 4.79 Å². The van der Waals surface area contributed by atoms with Gasteiger partial charge in [-0.1, -0.05) is 30.3 Å². The molecule has 1 rings (SSSR count). The molecule has 0 saturated heterocycles. The maximum absolute atomic E-state index is 11.7. The van der Waals surface area contributed by atoms with Crippen LogP contribution in [0, 0.1) is 0 Å². The SMILES string of the molecule is CC(C)N(C)C(=O)CSCCCc1ccccc1. The zero-order valence-corrected chi connectivity index (χ0v) is 12.4. The normalized spacial score (nSPS) is 10.7. The van der Waals surface area contributed by atoms with Crippen LogP contribution in [-0.2, 0) is 11.2 Å². The molecule has 0 radical (unpaired) electrons. The summed E-state index contributed by atoms with van der Waals surface area (Å²) in [5, 5.41) is 0. The Morgan fingerprint density at radius 2 is 1.94 bits per heavy atom. The number of aryl methyl sites for hydroxylation is 1. The largest absolute Gasteiger partial charge is 0.343 e. The first kappa shape index (κ1) is 15.1. The van der Waals surface area contributed by atoms with Crippen molar-refractivity contribution in [2.45, 2.75) is 32.7 Å². The number of carbonyl (C=O) groups excluding carboxylic acids is 1. The van der Waals surface area contributed by atoms with E-state index in [2.05, 4.69) is 24.3 Å². The van der Waals surface area contributed by atoms with Gasteiger partial charge in [-0.25, -0.2) is 0 Å². The van der Waals surface area contributed by atoms with E-state index in [0.29, 0.717) is 11.8 Å². The highest BCUT2D eigenvalue weighted by Gasteiger charge is 2.10. The minimum Gasteiger partial charge on any atom is -0.343 e. The summed E-state index contributed by atoms with van der Waals surface area (Å²) in [7, 11) is 1.87. The minimum atomic E-state index is 0.231. The molecule has 0 atom stereocenters. The van der Waals surface area contributed by atoms with Gasteiger partial charge in [-0.2, -0.15) is 11.8 Å². The van der Waals surface area contributed by atoms with E-state index in [1.807, 2.05) is 31.9 Å². The number of hydrogen-bond acceptors (Lipinski definition) is 2. The number of carbonyl (C=O) groups is 1. The first-order valence-corrected chi connectivity index (χ1v) is 7.64. The lowest BCUT2D eigenvalue weighted by molar-refractivity contribution is -0.128. The van der Waals surface area contributed by atoms with Crippen molar-refractivity contribution in [3.8, 4) is 0 Å². The van der Waals surface area contributed by atoms with Gasteiger partial charge >= 0.3 is 0 Å². The zero-order chi connectivity index (χ0) is 13.4. The topological polar surface area (TPSA) is 20.3 Å². The molecule has 18 heavy (non-hydrogen) atoms. The van der Waals surface area contributed by atoms with Gasteiger partial charge in [0.25, 0.3) is 0 Å². The van der Waals surface area contributed by atoms with Crippen LogP contribution in [0.25, 0.3) is 0 Å². The van der Waals surface area contributed by atoms with Crippen LogP contribution in [0.1, 0.15) is 25.8 Å². The van der Waals surface area contributed by atoms with Gasteiger partial charge in [-0.15, -0.1) is 0 Å². The van der Waals surface area contributed by atoms with E-state index in [1.165, 1.54) is 5.56 Å². The highest BCUT2D eigenvalue weighted by molar-refractivity contribution is 7.99. The van der Waals surface area contributed by atoms with Gasteiger partial charge in [-0.05, 0) is 38.0 Å². The average molecular weight is 265 g/mol. The Balaban J connectivity index is 2.11. The molecule has 3 heteroatoms. The summed E-state index contributed by atoms with van der Waals surface area (Å²) < 4.78 is 0. The molecular formula is C15H23NOS. The van der Waals surface area contributed by atoms with Crippen LogP contribution >= 0.6 is 11.8 Å². The third kappa shape index (κ3) is 5.58. The molecule has 0 saturated carbocycles. The number of benzene rings is 1. The molecule has 0 aliphatic rings. The third-order valence-electron chi connectivity index (χ3n) is 2.99. The fourth-order valence-corrected chi connectivity index (χ4v) is 2.44. The molecular weight excluding hydrogens is 242 g/mol. The van der Waals surface area contributed by atoms with Crippen LogP contribution in [0.2, 0.25) is 0 Å². The zero-order valence-electron chi connectivity index (χ0n) is 11.6. The molecule has 0 fully saturated rings. The maximum Gasteiger partial charge on any atom is 0.232 e. The van der Waals surface area contributed by atoms with Gasteiger partial charge < -0.3 is 4.90 Å². The quantitative estimate of drug-likeness (QED) is 0.706. The summed E-state index contributed by atoms with van der Waals surface area (Å²) in [6, 6.07) is 10.8. The monoisotopic (exact) mass is 265 g/mol. The van der Waals surface area contributed by atoms with Crippen LogP contribution in [0.15, 0.2) is 30.3 Å². The van der Waals surface area contributed by atoms with Crippen molar-refractivity contribution in [2.24, 2.45) is 0 Å². The second-order valence-corrected chi connectivity index (χ2v) is 5.85. The number of nitrogens with zero attached hydrogens (tertiary/aromatic N) is 1. The van der Waals surface area contributed by atoms with Crippen LogP contribution in [0.5, 0.6) is 0 Å². The molecule has 0 spiro atoms. The van der Waals surface area contributed by atoms with E-state index in [-0.39, 0.29) is 5.91 Å². The lowest BCUT2D eigenvalue weighted by Gasteiger charge is -2.21. The molecule has 0 aliphatic carbocycles. The molecule has 1 aromatic carbocycles. The van der Waals surface area contributed by atoms with Crippen molar-refractivity contribution in [3.05, 3.63) is 35.9 Å². The Labute approximate surface area is 115 Å². The summed E-state index contributed by atoms with van der Waals surface area (Å²) in [4.78, 5) is 13.5. The van der Waals surface area contributed by atoms with Gasteiger partial charge in [0.05, 0.1) is 5.75 Å². The Morgan fingerprint density at radius 1 is 1.28 bits per heavy atom. The second kappa shape index (κ2) is 8.20. The van der Waals surface area contributed by atoms with Crippen molar-refractivity contribution < 1.29 is 4.79 Å². The fourth-order valence-electron chi connectivity index (χ4n) is 1.57. The minimum absolute atomic E-state index is 0.231. The summed E-state index contributed by atoms with van der Waals surface area (Å²) in [6.07, 6.45) is 2.23. The second-order valence-electron chi connectivity index (χ2n) is 4.74. The van der Waals surface area contributed by atoms with E-state index in [9.17, 15) is 4.79 Å². The molecule has 0 N–H and O–H groups in total. The first-order valence-electron chi connectivity index (χ1n) is 6.48. The van der Waals surface area contributed by atoms with Gasteiger partial charge in [0.2, 0.25) is 5.91 Å². The smallest absolute Gasteiger partial charge is 0.232 e. The van der Waals surface area contributed by atoms with Gasteiger partial charge in [0.15, 0.2) is 0 Å². The summed E-state index contributed by atoms with van der Waals surface area (Å²) in [5.74, 6) is 1.88. The Hall–Kier alpha value is -0.960. The molecule has 0 unspecified atom stereocenters. The molecule has 1 amide bonds. The highest BCUT2D eigenvalue weighted by atomic mass is 32.2. The number of thioether (sulfide) groups is 1. The Kier molecular flexibility index (Phi) is 6.88. The molecule has 100 valence electrons. The maximum atomic E-state index is 11.7. The van der Waals surface area contributed by atoms with Crippen LogP contribution in [0.3, 0.4) is 0 Å². The number of rotatable bonds is 7. The predicted molar refractivity (Wildman–Crippen MR) is 80.0 cm³/mol. The first-order chi connectivity index (χ1) is 8.61.